The van der Waals surface area contributed by atoms with Gasteiger partial charge in [0.1, 0.15) is 0 Å². The summed E-state index contributed by atoms with van der Waals surface area (Å²) < 4.78 is 4.75. The van der Waals surface area contributed by atoms with E-state index in [-0.39, 0.29) is 5.91 Å². The Balaban J connectivity index is 2.62. The van der Waals surface area contributed by atoms with Crippen molar-refractivity contribution in [1.82, 2.24) is 0 Å². The second kappa shape index (κ2) is 6.19. The molecule has 1 aromatic rings. The lowest BCUT2D eigenvalue weighted by molar-refractivity contribution is -0.120. The van der Waals surface area contributed by atoms with E-state index in [1.807, 2.05) is 0 Å². The number of hydrogen-bond donors (Lipinski definition) is 3. The summed E-state index contributed by atoms with van der Waals surface area (Å²) in [5.74, 6) is -0.279. The highest BCUT2D eigenvalue weighted by Gasteiger charge is 2.21. The molecule has 0 saturated carbocycles. The van der Waals surface area contributed by atoms with Gasteiger partial charge in [0.15, 0.2) is 0 Å². The summed E-state index contributed by atoms with van der Waals surface area (Å²) in [5.41, 5.74) is 5.92. The molecule has 0 bridgehead atoms. The molecule has 19 heavy (non-hydrogen) atoms. The molecule has 0 unspecified atom stereocenters. The van der Waals surface area contributed by atoms with Crippen LogP contribution in [0.5, 0.6) is 0 Å². The lowest BCUT2D eigenvalue weighted by atomic mass is 10.1. The van der Waals surface area contributed by atoms with E-state index < -0.39 is 11.6 Å². The van der Waals surface area contributed by atoms with Crippen LogP contribution in [0.3, 0.4) is 0 Å². The highest BCUT2D eigenvalue weighted by molar-refractivity contribution is 5.97. The third-order valence-corrected chi connectivity index (χ3v) is 2.25. The van der Waals surface area contributed by atoms with Crippen LogP contribution in [0.4, 0.5) is 16.2 Å². The number of benzene rings is 1. The number of carbonyl (C=O) groups excluding carboxylic acids is 2. The van der Waals surface area contributed by atoms with E-state index in [9.17, 15) is 9.59 Å². The van der Waals surface area contributed by atoms with Crippen molar-refractivity contribution in [3.05, 3.63) is 24.3 Å². The molecule has 0 radical (unpaired) electrons. The first-order chi connectivity index (χ1) is 8.82. The first-order valence-corrected chi connectivity index (χ1v) is 5.97. The molecule has 1 rings (SSSR count). The average Bonchev–Trinajstić information content (AvgIpc) is 2.30. The number of rotatable bonds is 4. The van der Waals surface area contributed by atoms with Crippen molar-refractivity contribution in [3.8, 4) is 0 Å². The van der Waals surface area contributed by atoms with Gasteiger partial charge in [-0.2, -0.15) is 0 Å². The fourth-order valence-corrected chi connectivity index (χ4v) is 1.21. The minimum Gasteiger partial charge on any atom is -0.450 e. The van der Waals surface area contributed by atoms with Crippen LogP contribution in [0.15, 0.2) is 24.3 Å². The molecule has 0 aliphatic rings. The van der Waals surface area contributed by atoms with Gasteiger partial charge in [0.2, 0.25) is 5.91 Å². The zero-order valence-corrected chi connectivity index (χ0v) is 11.3. The Labute approximate surface area is 112 Å². The number of hydrogen-bond acceptors (Lipinski definition) is 4. The Morgan fingerprint density at radius 1 is 1.16 bits per heavy atom. The van der Waals surface area contributed by atoms with Crippen molar-refractivity contribution < 1.29 is 14.3 Å². The molecule has 0 aliphatic carbocycles. The predicted molar refractivity (Wildman–Crippen MR) is 74.0 cm³/mol. The molecule has 0 aliphatic heterocycles. The quantitative estimate of drug-likeness (QED) is 0.775. The number of amides is 2. The molecule has 0 aromatic heterocycles. The average molecular weight is 265 g/mol. The number of anilines is 2. The Bertz CT molecular complexity index is 449. The standard InChI is InChI=1S/C13H19N3O3/c1-4-19-12(18)16-10-7-5-9(6-8-10)15-11(17)13(2,3)14/h5-8H,4,14H2,1-3H3,(H,15,17)(H,16,18). The van der Waals surface area contributed by atoms with Crippen LogP contribution in [0.2, 0.25) is 0 Å². The molecule has 0 spiro atoms. The van der Waals surface area contributed by atoms with Crippen LogP contribution >= 0.6 is 0 Å². The monoisotopic (exact) mass is 265 g/mol. The van der Waals surface area contributed by atoms with Crippen molar-refractivity contribution in [3.63, 3.8) is 0 Å². The molecule has 104 valence electrons. The van der Waals surface area contributed by atoms with Crippen LogP contribution < -0.4 is 16.4 Å². The van der Waals surface area contributed by atoms with E-state index in [1.165, 1.54) is 0 Å². The first kappa shape index (κ1) is 15.0. The smallest absolute Gasteiger partial charge is 0.411 e. The number of nitrogens with one attached hydrogen (secondary N) is 2. The molecular formula is C13H19N3O3. The summed E-state index contributed by atoms with van der Waals surface area (Å²) in [4.78, 5) is 22.8. The summed E-state index contributed by atoms with van der Waals surface area (Å²) in [7, 11) is 0. The van der Waals surface area contributed by atoms with Crippen LogP contribution in [0, 0.1) is 0 Å². The molecule has 6 nitrogen and oxygen atoms in total. The first-order valence-electron chi connectivity index (χ1n) is 5.97. The summed E-state index contributed by atoms with van der Waals surface area (Å²) >= 11 is 0. The summed E-state index contributed by atoms with van der Waals surface area (Å²) in [6.07, 6.45) is -0.512. The normalized spacial score (nSPS) is 10.7. The Kier molecular flexibility index (Phi) is 4.88. The molecule has 0 heterocycles. The minimum atomic E-state index is -0.943. The molecule has 0 saturated heterocycles. The van der Waals surface area contributed by atoms with Gasteiger partial charge in [0, 0.05) is 11.4 Å². The van der Waals surface area contributed by atoms with Crippen molar-refractivity contribution >= 4 is 23.4 Å². The molecule has 4 N–H and O–H groups in total. The second-order valence-electron chi connectivity index (χ2n) is 4.60. The molecule has 2 amide bonds. The minimum absolute atomic E-state index is 0.279. The SMILES string of the molecule is CCOC(=O)Nc1ccc(NC(=O)C(C)(C)N)cc1. The topological polar surface area (TPSA) is 93.5 Å². The fourth-order valence-electron chi connectivity index (χ4n) is 1.21. The van der Waals surface area contributed by atoms with E-state index in [0.717, 1.165) is 0 Å². The van der Waals surface area contributed by atoms with Gasteiger partial charge in [-0.3, -0.25) is 10.1 Å². The maximum atomic E-state index is 11.7. The van der Waals surface area contributed by atoms with Gasteiger partial charge in [0.05, 0.1) is 12.1 Å². The second-order valence-corrected chi connectivity index (χ2v) is 4.60. The van der Waals surface area contributed by atoms with Crippen LogP contribution in [0.1, 0.15) is 20.8 Å². The highest BCUT2D eigenvalue weighted by Crippen LogP contribution is 2.15. The van der Waals surface area contributed by atoms with Crippen molar-refractivity contribution in [2.75, 3.05) is 17.2 Å². The lowest BCUT2D eigenvalue weighted by Gasteiger charge is -2.17. The van der Waals surface area contributed by atoms with Gasteiger partial charge >= 0.3 is 6.09 Å². The molecule has 0 atom stereocenters. The molecular weight excluding hydrogens is 246 g/mol. The van der Waals surface area contributed by atoms with Gasteiger partial charge in [-0.15, -0.1) is 0 Å². The molecule has 0 fully saturated rings. The van der Waals surface area contributed by atoms with Crippen LogP contribution in [0.25, 0.3) is 0 Å². The number of nitrogens with two attached hydrogens (primary N) is 1. The van der Waals surface area contributed by atoms with Gasteiger partial charge in [0.25, 0.3) is 0 Å². The maximum absolute atomic E-state index is 11.7. The van der Waals surface area contributed by atoms with Gasteiger partial charge in [-0.05, 0) is 45.0 Å². The van der Waals surface area contributed by atoms with E-state index in [0.29, 0.717) is 18.0 Å². The van der Waals surface area contributed by atoms with E-state index in [1.54, 1.807) is 45.0 Å². The van der Waals surface area contributed by atoms with Crippen molar-refractivity contribution in [2.45, 2.75) is 26.3 Å². The Morgan fingerprint density at radius 3 is 2.05 bits per heavy atom. The fraction of sp³-hybridized carbons (Fsp3) is 0.385. The summed E-state index contributed by atoms with van der Waals surface area (Å²) in [5, 5.41) is 5.23. The summed E-state index contributed by atoms with van der Waals surface area (Å²) in [6.45, 7) is 5.29. The number of ether oxygens (including phenoxy) is 1. The predicted octanol–water partition coefficient (Wildman–Crippen LogP) is 1.93. The largest absolute Gasteiger partial charge is 0.450 e. The summed E-state index contributed by atoms with van der Waals surface area (Å²) in [6, 6.07) is 6.67. The third kappa shape index (κ3) is 4.97. The molecule has 1 aromatic carbocycles. The molecule has 6 heteroatoms. The Hall–Kier alpha value is -2.08. The van der Waals surface area contributed by atoms with Crippen molar-refractivity contribution in [2.24, 2.45) is 5.73 Å². The number of carbonyl (C=O) groups is 2. The zero-order valence-electron chi connectivity index (χ0n) is 11.3. The Morgan fingerprint density at radius 2 is 1.63 bits per heavy atom. The van der Waals surface area contributed by atoms with Gasteiger partial charge < -0.3 is 15.8 Å². The van der Waals surface area contributed by atoms with Gasteiger partial charge in [-0.1, -0.05) is 0 Å². The third-order valence-electron chi connectivity index (χ3n) is 2.25. The van der Waals surface area contributed by atoms with Crippen molar-refractivity contribution in [1.29, 1.82) is 0 Å². The van der Waals surface area contributed by atoms with Crippen LogP contribution in [-0.2, 0) is 9.53 Å². The highest BCUT2D eigenvalue weighted by atomic mass is 16.5. The lowest BCUT2D eigenvalue weighted by Crippen LogP contribution is -2.45. The van der Waals surface area contributed by atoms with Crippen LogP contribution in [-0.4, -0.2) is 24.1 Å². The zero-order chi connectivity index (χ0) is 14.5. The van der Waals surface area contributed by atoms with E-state index in [2.05, 4.69) is 10.6 Å². The van der Waals surface area contributed by atoms with Gasteiger partial charge in [-0.25, -0.2) is 4.79 Å². The maximum Gasteiger partial charge on any atom is 0.411 e. The van der Waals surface area contributed by atoms with E-state index in [4.69, 9.17) is 10.5 Å². The van der Waals surface area contributed by atoms with E-state index >= 15 is 0 Å².